The molecule has 2 aromatic heterocycles. The molecule has 2 aliphatic rings. The molecule has 0 fully saturated rings. The molecule has 66 heavy (non-hydrogen) atoms. The number of rotatable bonds is 8. The summed E-state index contributed by atoms with van der Waals surface area (Å²) in [6.07, 6.45) is 10.6. The van der Waals surface area contributed by atoms with Gasteiger partial charge >= 0.3 is 0 Å². The molecule has 0 bridgehead atoms. The Kier molecular flexibility index (Phi) is 10.2. The Hall–Kier alpha value is -7.36. The van der Waals surface area contributed by atoms with Crippen molar-refractivity contribution in [3.63, 3.8) is 0 Å². The molecule has 2 heterocycles. The fourth-order valence-corrected chi connectivity index (χ4v) is 11.2. The van der Waals surface area contributed by atoms with Crippen LogP contribution in [0.2, 0.25) is 0 Å². The minimum Gasteiger partial charge on any atom is -0.456 e. The Balaban J connectivity index is 0.00000238. The second kappa shape index (κ2) is 16.3. The number of fused-ring (bicyclic) bond motifs is 13. The Morgan fingerprint density at radius 2 is 1.29 bits per heavy atom. The molecular formula is C63H56N2O. The molecule has 0 atom stereocenters. The molecule has 0 aliphatic heterocycles. The molecule has 0 radical (unpaired) electrons. The average molecular weight is 857 g/mol. The van der Waals surface area contributed by atoms with Crippen LogP contribution in [0.15, 0.2) is 176 Å². The Labute approximate surface area is 388 Å². The zero-order valence-electron chi connectivity index (χ0n) is 39.2. The van der Waals surface area contributed by atoms with Crippen LogP contribution in [0.3, 0.4) is 0 Å². The van der Waals surface area contributed by atoms with Crippen LogP contribution in [0, 0.1) is 6.92 Å². The third kappa shape index (κ3) is 6.31. The highest BCUT2D eigenvalue weighted by Crippen LogP contribution is 2.55. The van der Waals surface area contributed by atoms with E-state index >= 15 is 0 Å². The van der Waals surface area contributed by atoms with Gasteiger partial charge in [-0.2, -0.15) is 0 Å². The fourth-order valence-electron chi connectivity index (χ4n) is 11.2. The van der Waals surface area contributed by atoms with E-state index in [-0.39, 0.29) is 5.41 Å². The summed E-state index contributed by atoms with van der Waals surface area (Å²) in [5, 5.41) is 5.04. The van der Waals surface area contributed by atoms with Gasteiger partial charge in [-0.1, -0.05) is 150 Å². The maximum atomic E-state index is 6.94. The summed E-state index contributed by atoms with van der Waals surface area (Å²) in [6, 6.07) is 56.4. The molecule has 3 nitrogen and oxygen atoms in total. The number of aromatic nitrogens is 2. The van der Waals surface area contributed by atoms with Gasteiger partial charge in [-0.25, -0.2) is 0 Å². The van der Waals surface area contributed by atoms with E-state index in [1.807, 2.05) is 32.0 Å². The molecule has 324 valence electrons. The first-order valence-electron chi connectivity index (χ1n) is 23.9. The van der Waals surface area contributed by atoms with Crippen molar-refractivity contribution in [2.75, 3.05) is 0 Å². The lowest BCUT2D eigenvalue weighted by molar-refractivity contribution is 0.485. The monoisotopic (exact) mass is 856 g/mol. The van der Waals surface area contributed by atoms with Crippen molar-refractivity contribution >= 4 is 43.6 Å². The lowest BCUT2D eigenvalue weighted by Gasteiger charge is -2.22. The SMILES string of the molecule is C/C=C\C=C/Cn1c2cc3c(cc2c2c4c(ccc21)-c1ccccc1C4)-c1cc2c4c(Oc5ccccc5)c(C)ccc4n(-c4ccc(CC)c(-c5ccccc5)c4)c2cc1C3(C)C.CC. The number of ether oxygens (including phenoxy) is 1. The molecular weight excluding hydrogens is 801 g/mol. The summed E-state index contributed by atoms with van der Waals surface area (Å²) in [5.74, 6) is 1.73. The summed E-state index contributed by atoms with van der Waals surface area (Å²) < 4.78 is 12.0. The van der Waals surface area contributed by atoms with Crippen molar-refractivity contribution in [2.24, 2.45) is 0 Å². The van der Waals surface area contributed by atoms with E-state index in [1.165, 1.54) is 93.9 Å². The topological polar surface area (TPSA) is 19.1 Å². The van der Waals surface area contributed by atoms with Crippen LogP contribution >= 0.6 is 0 Å². The average Bonchev–Trinajstić information content (AvgIpc) is 4.06. The number of hydrogen-bond acceptors (Lipinski definition) is 1. The van der Waals surface area contributed by atoms with Gasteiger partial charge in [-0.15, -0.1) is 0 Å². The van der Waals surface area contributed by atoms with Crippen LogP contribution in [0.1, 0.15) is 74.9 Å². The van der Waals surface area contributed by atoms with Gasteiger partial charge in [-0.3, -0.25) is 0 Å². The van der Waals surface area contributed by atoms with Gasteiger partial charge < -0.3 is 13.9 Å². The van der Waals surface area contributed by atoms with E-state index in [2.05, 4.69) is 202 Å². The normalized spacial score (nSPS) is 13.4. The molecule has 0 spiro atoms. The molecule has 0 N–H and O–H groups in total. The molecule has 0 saturated heterocycles. The van der Waals surface area contributed by atoms with Crippen molar-refractivity contribution in [3.8, 4) is 50.6 Å². The van der Waals surface area contributed by atoms with Crippen molar-refractivity contribution in [3.05, 3.63) is 209 Å². The van der Waals surface area contributed by atoms with Crippen LogP contribution in [-0.2, 0) is 24.8 Å². The highest BCUT2D eigenvalue weighted by atomic mass is 16.5. The van der Waals surface area contributed by atoms with Gasteiger partial charge in [0.1, 0.15) is 11.5 Å². The Morgan fingerprint density at radius 3 is 2.03 bits per heavy atom. The first kappa shape index (κ1) is 41.4. The van der Waals surface area contributed by atoms with E-state index in [0.29, 0.717) is 0 Å². The molecule has 8 aromatic carbocycles. The lowest BCUT2D eigenvalue weighted by atomic mass is 9.82. The first-order chi connectivity index (χ1) is 32.3. The van der Waals surface area contributed by atoms with E-state index < -0.39 is 0 Å². The van der Waals surface area contributed by atoms with Crippen LogP contribution in [0.4, 0.5) is 0 Å². The predicted octanol–water partition coefficient (Wildman–Crippen LogP) is 17.3. The van der Waals surface area contributed by atoms with Crippen LogP contribution in [-0.4, -0.2) is 9.13 Å². The minimum atomic E-state index is -0.255. The van der Waals surface area contributed by atoms with E-state index in [1.54, 1.807) is 0 Å². The number of hydrogen-bond donors (Lipinski definition) is 0. The molecule has 0 amide bonds. The Morgan fingerprint density at radius 1 is 0.606 bits per heavy atom. The van der Waals surface area contributed by atoms with Crippen LogP contribution in [0.5, 0.6) is 11.5 Å². The summed E-state index contributed by atoms with van der Waals surface area (Å²) in [5.41, 5.74) is 21.7. The van der Waals surface area contributed by atoms with Gasteiger partial charge in [0.25, 0.3) is 0 Å². The number of para-hydroxylation sites is 1. The summed E-state index contributed by atoms with van der Waals surface area (Å²) in [7, 11) is 0. The molecule has 3 heteroatoms. The third-order valence-corrected chi connectivity index (χ3v) is 14.3. The molecule has 0 unspecified atom stereocenters. The van der Waals surface area contributed by atoms with E-state index in [0.717, 1.165) is 53.0 Å². The molecule has 2 aliphatic carbocycles. The fraction of sp³-hybridized carbons (Fsp3) is 0.175. The van der Waals surface area contributed by atoms with Gasteiger partial charge in [0, 0.05) is 44.8 Å². The Bertz CT molecular complexity index is 3600. The van der Waals surface area contributed by atoms with Crippen molar-refractivity contribution in [2.45, 2.75) is 73.3 Å². The van der Waals surface area contributed by atoms with Crippen molar-refractivity contribution in [1.82, 2.24) is 9.13 Å². The lowest BCUT2D eigenvalue weighted by Crippen LogP contribution is -2.15. The maximum Gasteiger partial charge on any atom is 0.140 e. The second-order valence-corrected chi connectivity index (χ2v) is 18.3. The van der Waals surface area contributed by atoms with E-state index in [4.69, 9.17) is 4.74 Å². The number of aryl methyl sites for hydroxylation is 2. The third-order valence-electron chi connectivity index (χ3n) is 14.3. The number of allylic oxidation sites excluding steroid dienone is 4. The maximum absolute atomic E-state index is 6.94. The zero-order valence-corrected chi connectivity index (χ0v) is 39.2. The van der Waals surface area contributed by atoms with Gasteiger partial charge in [0.15, 0.2) is 0 Å². The molecule has 0 saturated carbocycles. The summed E-state index contributed by atoms with van der Waals surface area (Å²) in [4.78, 5) is 0. The minimum absolute atomic E-state index is 0.255. The standard InChI is InChI=1S/C61H50N2O.C2H6/c1-6-8-9-18-31-62-54-30-28-45-44-24-17-16-21-41(44)32-49(45)58(54)50-34-47-48-35-51-57(37-53(48)61(4,5)52(47)36-56(50)62)63(42-27-26-39(7-2)46(33-42)40-19-12-10-13-20-40)55-29-25-38(3)60(59(51)55)64-43-22-14-11-15-23-43;1-2/h6,8-30,33-37H,7,31-32H2,1-5H3;1-2H3/b8-6-,18-9-;. The van der Waals surface area contributed by atoms with E-state index in [9.17, 15) is 0 Å². The van der Waals surface area contributed by atoms with Gasteiger partial charge in [-0.05, 0) is 154 Å². The van der Waals surface area contributed by atoms with Crippen LogP contribution in [0.25, 0.3) is 82.7 Å². The predicted molar refractivity (Wildman–Crippen MR) is 281 cm³/mol. The largest absolute Gasteiger partial charge is 0.456 e. The number of nitrogens with zero attached hydrogens (tertiary/aromatic N) is 2. The zero-order chi connectivity index (χ0) is 45.3. The number of benzene rings is 8. The van der Waals surface area contributed by atoms with Crippen LogP contribution < -0.4 is 4.74 Å². The quantitative estimate of drug-likeness (QED) is 0.139. The summed E-state index contributed by atoms with van der Waals surface area (Å²) >= 11 is 0. The smallest absolute Gasteiger partial charge is 0.140 e. The van der Waals surface area contributed by atoms with Gasteiger partial charge in [0.2, 0.25) is 0 Å². The van der Waals surface area contributed by atoms with Gasteiger partial charge in [0.05, 0.1) is 16.4 Å². The molecule has 10 aromatic rings. The summed E-state index contributed by atoms with van der Waals surface area (Å²) in [6.45, 7) is 16.1. The highest BCUT2D eigenvalue weighted by molar-refractivity contribution is 6.17. The van der Waals surface area contributed by atoms with Crippen molar-refractivity contribution < 1.29 is 4.74 Å². The van der Waals surface area contributed by atoms with Crippen molar-refractivity contribution in [1.29, 1.82) is 0 Å². The second-order valence-electron chi connectivity index (χ2n) is 18.3. The first-order valence-corrected chi connectivity index (χ1v) is 23.9. The highest BCUT2D eigenvalue weighted by Gasteiger charge is 2.38. The molecule has 12 rings (SSSR count).